The molecule has 2 unspecified atom stereocenters. The number of aromatic nitrogens is 1. The molecule has 3 aliphatic carbocycles. The van der Waals surface area contributed by atoms with Crippen LogP contribution in [0.5, 0.6) is 0 Å². The molecule has 1 aromatic heterocycles. The molecule has 1 heterocycles. The summed E-state index contributed by atoms with van der Waals surface area (Å²) in [4.78, 5) is 2.52. The van der Waals surface area contributed by atoms with Gasteiger partial charge in [-0.25, -0.2) is 0 Å². The second-order valence-electron chi connectivity index (χ2n) is 15.3. The van der Waals surface area contributed by atoms with Crippen LogP contribution in [0.2, 0.25) is 0 Å². The van der Waals surface area contributed by atoms with Crippen molar-refractivity contribution < 1.29 is 0 Å². The molecule has 7 aromatic carbocycles. The van der Waals surface area contributed by atoms with E-state index in [2.05, 4.69) is 193 Å². The third-order valence-corrected chi connectivity index (χ3v) is 12.1. The van der Waals surface area contributed by atoms with Crippen LogP contribution in [0.25, 0.3) is 55.0 Å². The highest BCUT2D eigenvalue weighted by Crippen LogP contribution is 2.64. The molecule has 0 saturated heterocycles. The van der Waals surface area contributed by atoms with Crippen LogP contribution in [0.1, 0.15) is 31.4 Å². The van der Waals surface area contributed by atoms with Gasteiger partial charge in [0, 0.05) is 44.9 Å². The summed E-state index contributed by atoms with van der Waals surface area (Å²) in [5.41, 5.74) is 16.0. The Labute approximate surface area is 304 Å². The molecule has 1 saturated carbocycles. The van der Waals surface area contributed by atoms with Crippen LogP contribution >= 0.6 is 0 Å². The fourth-order valence-corrected chi connectivity index (χ4v) is 9.69. The van der Waals surface area contributed by atoms with Gasteiger partial charge >= 0.3 is 0 Å². The first-order chi connectivity index (χ1) is 25.6. The van der Waals surface area contributed by atoms with Crippen LogP contribution in [-0.4, -0.2) is 4.57 Å². The quantitative estimate of drug-likeness (QED) is 0.177. The Morgan fingerprint density at radius 2 is 1.25 bits per heavy atom. The number of para-hydroxylation sites is 2. The Balaban J connectivity index is 1.04. The first kappa shape index (κ1) is 29.6. The zero-order chi connectivity index (χ0) is 34.6. The highest BCUT2D eigenvalue weighted by Gasteiger charge is 2.54. The average Bonchev–Trinajstić information content (AvgIpc) is 3.87. The predicted octanol–water partition coefficient (Wildman–Crippen LogP) is 13.0. The van der Waals surface area contributed by atoms with Gasteiger partial charge in [0.05, 0.1) is 11.0 Å². The van der Waals surface area contributed by atoms with E-state index in [0.717, 1.165) is 0 Å². The molecule has 0 aliphatic heterocycles. The standard InChI is InChI=1S/C50H38N2/c1-50(2)44-20-12-11-19-39(44)42-31-47(40-30-41(40)49(42)50)51(35-14-5-3-6-15-35)37-25-21-32(22-26-37)34-24-27-45-43(29-34)48-38-18-10-9-13-33(38)23-28-46(48)52(45)36-16-7-4-8-17-36/h3-29,31,40-41H,30H2,1-2H3. The zero-order valence-electron chi connectivity index (χ0n) is 29.4. The van der Waals surface area contributed by atoms with Crippen LogP contribution in [0, 0.1) is 11.8 Å². The van der Waals surface area contributed by atoms with Crippen LogP contribution in [0.4, 0.5) is 11.4 Å². The molecule has 2 atom stereocenters. The molecule has 52 heavy (non-hydrogen) atoms. The van der Waals surface area contributed by atoms with E-state index in [-0.39, 0.29) is 5.41 Å². The molecule has 0 radical (unpaired) electrons. The lowest BCUT2D eigenvalue weighted by Gasteiger charge is -2.32. The maximum Gasteiger partial charge on any atom is 0.0547 e. The van der Waals surface area contributed by atoms with Crippen molar-refractivity contribution in [2.24, 2.45) is 11.8 Å². The molecule has 2 nitrogen and oxygen atoms in total. The van der Waals surface area contributed by atoms with Crippen LogP contribution in [0.15, 0.2) is 181 Å². The van der Waals surface area contributed by atoms with E-state index in [1.807, 2.05) is 0 Å². The van der Waals surface area contributed by atoms with E-state index in [9.17, 15) is 0 Å². The topological polar surface area (TPSA) is 8.17 Å². The van der Waals surface area contributed by atoms with Crippen molar-refractivity contribution >= 4 is 49.5 Å². The number of hydrogen-bond donors (Lipinski definition) is 0. The number of anilines is 2. The zero-order valence-corrected chi connectivity index (χ0v) is 29.4. The third kappa shape index (κ3) is 4.24. The van der Waals surface area contributed by atoms with E-state index in [1.165, 1.54) is 89.6 Å². The molecule has 1 fully saturated rings. The summed E-state index contributed by atoms with van der Waals surface area (Å²) in [6, 6.07) is 60.3. The minimum atomic E-state index is 0.0768. The minimum Gasteiger partial charge on any atom is -0.314 e. The summed E-state index contributed by atoms with van der Waals surface area (Å²) in [5, 5.41) is 5.13. The van der Waals surface area contributed by atoms with E-state index < -0.39 is 0 Å². The van der Waals surface area contributed by atoms with Crippen molar-refractivity contribution in [2.45, 2.75) is 25.7 Å². The first-order valence-electron chi connectivity index (χ1n) is 18.6. The van der Waals surface area contributed by atoms with Gasteiger partial charge in [-0.15, -0.1) is 0 Å². The van der Waals surface area contributed by atoms with Crippen molar-refractivity contribution in [3.05, 3.63) is 192 Å². The Morgan fingerprint density at radius 1 is 0.577 bits per heavy atom. The Hall–Kier alpha value is -6.12. The smallest absolute Gasteiger partial charge is 0.0547 e. The molecule has 2 heteroatoms. The average molecular weight is 667 g/mol. The van der Waals surface area contributed by atoms with Gasteiger partial charge in [0.2, 0.25) is 0 Å². The van der Waals surface area contributed by atoms with Crippen LogP contribution in [-0.2, 0) is 5.41 Å². The summed E-state index contributed by atoms with van der Waals surface area (Å²) in [6.45, 7) is 4.85. The number of fused-ring (bicyclic) bond motifs is 9. The van der Waals surface area contributed by atoms with Gasteiger partial charge in [-0.2, -0.15) is 0 Å². The van der Waals surface area contributed by atoms with Gasteiger partial charge in [0.1, 0.15) is 0 Å². The monoisotopic (exact) mass is 666 g/mol. The SMILES string of the molecule is CC1(C)C2=C(C=C(N(c3ccccc3)c3ccc(-c4ccc5c(c4)c4c6ccccc6ccc4n5-c4ccccc4)cc3)C3CC23)c2ccccc21. The maximum absolute atomic E-state index is 2.53. The van der Waals surface area contributed by atoms with Crippen LogP contribution in [0.3, 0.4) is 0 Å². The fourth-order valence-electron chi connectivity index (χ4n) is 9.69. The molecule has 3 aliphatic rings. The van der Waals surface area contributed by atoms with Crippen LogP contribution < -0.4 is 4.90 Å². The summed E-state index contributed by atoms with van der Waals surface area (Å²) in [6.07, 6.45) is 3.74. The normalized spacial score (nSPS) is 18.3. The van der Waals surface area contributed by atoms with Gasteiger partial charge in [-0.3, -0.25) is 0 Å². The lowest BCUT2D eigenvalue weighted by Crippen LogP contribution is -2.23. The van der Waals surface area contributed by atoms with Gasteiger partial charge in [0.15, 0.2) is 0 Å². The first-order valence-corrected chi connectivity index (χ1v) is 18.6. The lowest BCUT2D eigenvalue weighted by atomic mass is 9.77. The van der Waals surface area contributed by atoms with Crippen molar-refractivity contribution in [3.63, 3.8) is 0 Å². The minimum absolute atomic E-state index is 0.0768. The Morgan fingerprint density at radius 3 is 2.08 bits per heavy atom. The molecule has 11 rings (SSSR count). The van der Waals surface area contributed by atoms with E-state index in [0.29, 0.717) is 11.8 Å². The Kier molecular flexibility index (Phi) is 6.23. The highest BCUT2D eigenvalue weighted by molar-refractivity contribution is 6.21. The highest BCUT2D eigenvalue weighted by atomic mass is 15.2. The fraction of sp³-hybridized carbons (Fsp3) is 0.120. The van der Waals surface area contributed by atoms with E-state index in [4.69, 9.17) is 0 Å². The molecular formula is C50H38N2. The van der Waals surface area contributed by atoms with Gasteiger partial charge < -0.3 is 9.47 Å². The predicted molar refractivity (Wildman–Crippen MR) is 218 cm³/mol. The van der Waals surface area contributed by atoms with E-state index in [1.54, 1.807) is 5.57 Å². The van der Waals surface area contributed by atoms with E-state index >= 15 is 0 Å². The van der Waals surface area contributed by atoms with Gasteiger partial charge in [-0.05, 0) is 117 Å². The van der Waals surface area contributed by atoms with Gasteiger partial charge in [-0.1, -0.05) is 123 Å². The summed E-state index contributed by atoms with van der Waals surface area (Å²) in [7, 11) is 0. The van der Waals surface area contributed by atoms with Crippen molar-refractivity contribution in [1.82, 2.24) is 4.57 Å². The number of hydrogen-bond acceptors (Lipinski definition) is 1. The third-order valence-electron chi connectivity index (χ3n) is 12.1. The number of rotatable bonds is 5. The lowest BCUT2D eigenvalue weighted by molar-refractivity contribution is 0.587. The van der Waals surface area contributed by atoms with Crippen molar-refractivity contribution in [1.29, 1.82) is 0 Å². The molecular weight excluding hydrogens is 629 g/mol. The number of benzene rings is 7. The summed E-state index contributed by atoms with van der Waals surface area (Å²) < 4.78 is 2.41. The summed E-state index contributed by atoms with van der Waals surface area (Å²) in [5.74, 6) is 1.13. The largest absolute Gasteiger partial charge is 0.314 e. The molecule has 0 N–H and O–H groups in total. The second-order valence-corrected chi connectivity index (χ2v) is 15.3. The number of nitrogens with zero attached hydrogens (tertiary/aromatic N) is 2. The number of allylic oxidation sites excluding steroid dienone is 4. The molecule has 0 amide bonds. The Bertz CT molecular complexity index is 2780. The molecule has 8 aromatic rings. The van der Waals surface area contributed by atoms with Crippen molar-refractivity contribution in [2.75, 3.05) is 4.90 Å². The van der Waals surface area contributed by atoms with Gasteiger partial charge in [0.25, 0.3) is 0 Å². The molecule has 0 bridgehead atoms. The molecule has 0 spiro atoms. The summed E-state index contributed by atoms with van der Waals surface area (Å²) >= 11 is 0. The second kappa shape index (κ2) is 10.9. The van der Waals surface area contributed by atoms with Crippen molar-refractivity contribution in [3.8, 4) is 16.8 Å². The molecule has 248 valence electrons. The maximum atomic E-state index is 2.53.